The molecule has 1 heterocycles. The van der Waals surface area contributed by atoms with Gasteiger partial charge in [-0.25, -0.2) is 4.98 Å². The Kier molecular flexibility index (Phi) is 5.69. The number of hydrogen-bond donors (Lipinski definition) is 1. The first-order valence-electron chi connectivity index (χ1n) is 8.03. The van der Waals surface area contributed by atoms with Gasteiger partial charge >= 0.3 is 0 Å². The van der Waals surface area contributed by atoms with E-state index >= 15 is 0 Å². The predicted molar refractivity (Wildman–Crippen MR) is 103 cm³/mol. The predicted octanol–water partition coefficient (Wildman–Crippen LogP) is 5.61. The number of hydrazone groups is 1. The second-order valence-corrected chi connectivity index (χ2v) is 6.26. The second kappa shape index (κ2) is 8.34. The molecule has 128 valence electrons. The number of thiazole rings is 1. The van der Waals surface area contributed by atoms with Crippen molar-refractivity contribution in [2.24, 2.45) is 15.3 Å². The zero-order chi connectivity index (χ0) is 17.5. The van der Waals surface area contributed by atoms with Crippen molar-refractivity contribution in [3.8, 4) is 5.75 Å². The summed E-state index contributed by atoms with van der Waals surface area (Å²) in [5, 5.41) is 13.5. The molecular formula is C18H19N5OS. The van der Waals surface area contributed by atoms with Crippen molar-refractivity contribution in [3.05, 3.63) is 48.5 Å². The first-order chi connectivity index (χ1) is 12.3. The van der Waals surface area contributed by atoms with E-state index < -0.39 is 0 Å². The first-order valence-corrected chi connectivity index (χ1v) is 8.84. The van der Waals surface area contributed by atoms with E-state index in [1.807, 2.05) is 48.5 Å². The molecule has 0 saturated heterocycles. The highest BCUT2D eigenvalue weighted by Gasteiger charge is 2.04. The quantitative estimate of drug-likeness (QED) is 0.271. The van der Waals surface area contributed by atoms with Crippen molar-refractivity contribution >= 4 is 38.2 Å². The third-order valence-corrected chi connectivity index (χ3v) is 4.34. The van der Waals surface area contributed by atoms with Crippen LogP contribution in [0.25, 0.3) is 10.2 Å². The third kappa shape index (κ3) is 4.39. The molecule has 0 aliphatic carbocycles. The summed E-state index contributed by atoms with van der Waals surface area (Å²) in [4.78, 5) is 4.45. The van der Waals surface area contributed by atoms with Gasteiger partial charge in [-0.15, -0.1) is 10.2 Å². The fourth-order valence-electron chi connectivity index (χ4n) is 2.22. The smallest absolute Gasteiger partial charge is 0.231 e. The SMILES string of the molecule is CCCC(N=Nc1nc2ccccc2s1)=NNc1ccccc1OC. The molecule has 0 aliphatic heterocycles. The number of azo groups is 1. The van der Waals surface area contributed by atoms with Crippen LogP contribution in [0.3, 0.4) is 0 Å². The van der Waals surface area contributed by atoms with Gasteiger partial charge in [-0.3, -0.25) is 5.43 Å². The van der Waals surface area contributed by atoms with Crippen LogP contribution in [-0.4, -0.2) is 17.9 Å². The number of aromatic nitrogens is 1. The number of nitrogens with zero attached hydrogens (tertiary/aromatic N) is 4. The van der Waals surface area contributed by atoms with Crippen LogP contribution in [0.15, 0.2) is 63.9 Å². The zero-order valence-electron chi connectivity index (χ0n) is 14.1. The van der Waals surface area contributed by atoms with Gasteiger partial charge < -0.3 is 4.74 Å². The number of amidine groups is 1. The molecule has 3 aromatic rings. The van der Waals surface area contributed by atoms with E-state index in [0.717, 1.165) is 34.5 Å². The van der Waals surface area contributed by atoms with Crippen molar-refractivity contribution in [3.63, 3.8) is 0 Å². The number of anilines is 1. The Labute approximate surface area is 150 Å². The maximum atomic E-state index is 5.31. The Balaban J connectivity index is 1.78. The third-order valence-electron chi connectivity index (χ3n) is 3.42. The molecule has 0 atom stereocenters. The van der Waals surface area contributed by atoms with E-state index in [2.05, 4.69) is 32.7 Å². The molecule has 6 nitrogen and oxygen atoms in total. The number of rotatable bonds is 6. The van der Waals surface area contributed by atoms with E-state index in [0.29, 0.717) is 11.0 Å². The van der Waals surface area contributed by atoms with E-state index in [1.165, 1.54) is 11.3 Å². The molecule has 0 saturated carbocycles. The molecule has 0 fully saturated rings. The lowest BCUT2D eigenvalue weighted by atomic mass is 10.3. The second-order valence-electron chi connectivity index (χ2n) is 5.25. The molecule has 0 bridgehead atoms. The van der Waals surface area contributed by atoms with E-state index in [9.17, 15) is 0 Å². The summed E-state index contributed by atoms with van der Waals surface area (Å²) < 4.78 is 6.40. The van der Waals surface area contributed by atoms with E-state index in [1.54, 1.807) is 7.11 Å². The number of para-hydroxylation sites is 3. The standard InChI is InChI=1S/C18H19N5OS/c1-3-8-17(21-20-13-9-4-6-11-15(13)24-2)22-23-18-19-14-10-5-7-12-16(14)25-18/h4-7,9-12,20H,3,8H2,1-2H3. The number of methoxy groups -OCH3 is 1. The van der Waals surface area contributed by atoms with Crippen molar-refractivity contribution < 1.29 is 4.74 Å². The minimum Gasteiger partial charge on any atom is -0.495 e. The molecule has 7 heteroatoms. The Bertz CT molecular complexity index is 870. The monoisotopic (exact) mass is 353 g/mol. The van der Waals surface area contributed by atoms with Gasteiger partial charge in [0.2, 0.25) is 5.13 Å². The highest BCUT2D eigenvalue weighted by Crippen LogP contribution is 2.28. The minimum atomic E-state index is 0.618. The van der Waals surface area contributed by atoms with Crippen molar-refractivity contribution in [1.82, 2.24) is 4.98 Å². The average molecular weight is 353 g/mol. The number of benzene rings is 2. The molecule has 0 amide bonds. The molecule has 2 aromatic carbocycles. The summed E-state index contributed by atoms with van der Waals surface area (Å²) in [5.74, 6) is 1.35. The van der Waals surface area contributed by atoms with Gasteiger partial charge in [0.25, 0.3) is 0 Å². The average Bonchev–Trinajstić information content (AvgIpc) is 3.07. The van der Waals surface area contributed by atoms with E-state index in [-0.39, 0.29) is 0 Å². The van der Waals surface area contributed by atoms with Crippen LogP contribution in [0.4, 0.5) is 10.8 Å². The van der Waals surface area contributed by atoms with Crippen LogP contribution in [0.5, 0.6) is 5.75 Å². The van der Waals surface area contributed by atoms with Gasteiger partial charge in [0, 0.05) is 6.42 Å². The van der Waals surface area contributed by atoms with Gasteiger partial charge in [0.1, 0.15) is 5.75 Å². The molecule has 1 aromatic heterocycles. The lowest BCUT2D eigenvalue weighted by molar-refractivity contribution is 0.416. The van der Waals surface area contributed by atoms with Crippen LogP contribution in [0.1, 0.15) is 19.8 Å². The van der Waals surface area contributed by atoms with Crippen molar-refractivity contribution in [1.29, 1.82) is 0 Å². The number of nitrogens with one attached hydrogen (secondary N) is 1. The van der Waals surface area contributed by atoms with E-state index in [4.69, 9.17) is 4.74 Å². The normalized spacial score (nSPS) is 12.0. The Morgan fingerprint density at radius 2 is 1.96 bits per heavy atom. The highest BCUT2D eigenvalue weighted by molar-refractivity contribution is 7.21. The lowest BCUT2D eigenvalue weighted by Crippen LogP contribution is -2.00. The maximum Gasteiger partial charge on any atom is 0.231 e. The van der Waals surface area contributed by atoms with Crippen LogP contribution in [-0.2, 0) is 0 Å². The zero-order valence-corrected chi connectivity index (χ0v) is 15.0. The van der Waals surface area contributed by atoms with Gasteiger partial charge in [-0.05, 0) is 30.7 Å². The molecule has 0 unspecified atom stereocenters. The van der Waals surface area contributed by atoms with Gasteiger partial charge in [-0.1, -0.05) is 42.5 Å². The van der Waals surface area contributed by atoms with Crippen LogP contribution < -0.4 is 10.2 Å². The van der Waals surface area contributed by atoms with Crippen molar-refractivity contribution in [2.75, 3.05) is 12.5 Å². The molecule has 0 aliphatic rings. The van der Waals surface area contributed by atoms with Crippen LogP contribution in [0, 0.1) is 0 Å². The molecule has 1 N–H and O–H groups in total. The summed E-state index contributed by atoms with van der Waals surface area (Å²) in [6, 6.07) is 15.5. The molecule has 0 radical (unpaired) electrons. The molecule has 3 rings (SSSR count). The Morgan fingerprint density at radius 3 is 2.76 bits per heavy atom. The highest BCUT2D eigenvalue weighted by atomic mass is 32.1. The Hall–Kier alpha value is -2.80. The van der Waals surface area contributed by atoms with Crippen LogP contribution in [0.2, 0.25) is 0 Å². The lowest BCUT2D eigenvalue weighted by Gasteiger charge is -2.07. The first kappa shape index (κ1) is 17.0. The molecule has 25 heavy (non-hydrogen) atoms. The number of ether oxygens (including phenoxy) is 1. The Morgan fingerprint density at radius 1 is 1.16 bits per heavy atom. The maximum absolute atomic E-state index is 5.31. The molecule has 0 spiro atoms. The summed E-state index contributed by atoms with van der Waals surface area (Å²) in [6.45, 7) is 2.08. The topological polar surface area (TPSA) is 71.2 Å². The summed E-state index contributed by atoms with van der Waals surface area (Å²) >= 11 is 1.51. The van der Waals surface area contributed by atoms with Gasteiger partial charge in [-0.2, -0.15) is 5.10 Å². The largest absolute Gasteiger partial charge is 0.495 e. The van der Waals surface area contributed by atoms with Crippen LogP contribution >= 0.6 is 11.3 Å². The van der Waals surface area contributed by atoms with Crippen molar-refractivity contribution in [2.45, 2.75) is 19.8 Å². The van der Waals surface area contributed by atoms with Gasteiger partial charge in [0.05, 0.1) is 23.0 Å². The summed E-state index contributed by atoms with van der Waals surface area (Å²) in [6.07, 6.45) is 1.64. The summed E-state index contributed by atoms with van der Waals surface area (Å²) in [5.41, 5.74) is 4.72. The fraction of sp³-hybridized carbons (Fsp3) is 0.222. The minimum absolute atomic E-state index is 0.618. The number of fused-ring (bicyclic) bond motifs is 1. The van der Waals surface area contributed by atoms with Gasteiger partial charge in [0.15, 0.2) is 5.84 Å². The molecular weight excluding hydrogens is 334 g/mol. The number of hydrogen-bond acceptors (Lipinski definition) is 6. The fourth-order valence-corrected chi connectivity index (χ4v) is 3.00. The summed E-state index contributed by atoms with van der Waals surface area (Å²) in [7, 11) is 1.63.